The Kier molecular flexibility index (Phi) is 5.86. The molecule has 0 spiro atoms. The monoisotopic (exact) mass is 278 g/mol. The van der Waals surface area contributed by atoms with Gasteiger partial charge in [0.15, 0.2) is 0 Å². The molecule has 1 aliphatic rings. The van der Waals surface area contributed by atoms with Crippen LogP contribution in [0.25, 0.3) is 0 Å². The summed E-state index contributed by atoms with van der Waals surface area (Å²) in [5.41, 5.74) is 0.911. The average Bonchev–Trinajstić information content (AvgIpc) is 2.47. The van der Waals surface area contributed by atoms with Crippen LogP contribution in [0.1, 0.15) is 57.1 Å². The van der Waals surface area contributed by atoms with Crippen molar-refractivity contribution in [1.82, 2.24) is 0 Å². The van der Waals surface area contributed by atoms with Gasteiger partial charge in [0.25, 0.3) is 0 Å². The van der Waals surface area contributed by atoms with E-state index in [2.05, 4.69) is 6.92 Å². The summed E-state index contributed by atoms with van der Waals surface area (Å²) >= 11 is 0. The maximum atomic E-state index is 10.0. The zero-order valence-electron chi connectivity index (χ0n) is 12.3. The zero-order chi connectivity index (χ0) is 14.4. The molecule has 3 atom stereocenters. The summed E-state index contributed by atoms with van der Waals surface area (Å²) in [6.07, 6.45) is 5.33. The fraction of sp³-hybridized carbons (Fsp3) is 0.647. The largest absolute Gasteiger partial charge is 0.493 e. The van der Waals surface area contributed by atoms with Crippen molar-refractivity contribution in [3.05, 3.63) is 29.8 Å². The number of aliphatic hydroxyl groups excluding tert-OH is 2. The van der Waals surface area contributed by atoms with Crippen molar-refractivity contribution in [2.45, 2.75) is 57.7 Å². The van der Waals surface area contributed by atoms with Gasteiger partial charge < -0.3 is 14.9 Å². The molecule has 0 saturated heterocycles. The number of hydrogen-bond acceptors (Lipinski definition) is 3. The van der Waals surface area contributed by atoms with Crippen LogP contribution in [-0.4, -0.2) is 22.9 Å². The molecular weight excluding hydrogens is 252 g/mol. The quantitative estimate of drug-likeness (QED) is 0.838. The summed E-state index contributed by atoms with van der Waals surface area (Å²) in [5, 5.41) is 19.9. The van der Waals surface area contributed by atoms with Crippen LogP contribution in [0.3, 0.4) is 0 Å². The molecule has 2 N–H and O–H groups in total. The minimum atomic E-state index is -0.413. The van der Waals surface area contributed by atoms with Crippen molar-refractivity contribution < 1.29 is 14.9 Å². The van der Waals surface area contributed by atoms with Crippen molar-refractivity contribution >= 4 is 0 Å². The van der Waals surface area contributed by atoms with Crippen molar-refractivity contribution in [3.63, 3.8) is 0 Å². The third-order valence-electron chi connectivity index (χ3n) is 4.14. The van der Waals surface area contributed by atoms with Crippen LogP contribution in [0.2, 0.25) is 0 Å². The van der Waals surface area contributed by atoms with Crippen molar-refractivity contribution in [2.75, 3.05) is 6.61 Å². The van der Waals surface area contributed by atoms with E-state index in [0.29, 0.717) is 6.61 Å². The van der Waals surface area contributed by atoms with Gasteiger partial charge in [0.05, 0.1) is 18.8 Å². The van der Waals surface area contributed by atoms with Crippen molar-refractivity contribution in [2.24, 2.45) is 5.92 Å². The molecule has 112 valence electrons. The van der Waals surface area contributed by atoms with Gasteiger partial charge in [-0.3, -0.25) is 0 Å². The zero-order valence-corrected chi connectivity index (χ0v) is 12.3. The molecule has 0 heterocycles. The molecule has 0 radical (unpaired) electrons. The Morgan fingerprint density at radius 3 is 2.85 bits per heavy atom. The van der Waals surface area contributed by atoms with E-state index in [4.69, 9.17) is 4.74 Å². The van der Waals surface area contributed by atoms with Crippen molar-refractivity contribution in [3.8, 4) is 5.75 Å². The Labute approximate surface area is 121 Å². The second kappa shape index (κ2) is 7.65. The maximum absolute atomic E-state index is 10.0. The fourth-order valence-corrected chi connectivity index (χ4v) is 2.84. The summed E-state index contributed by atoms with van der Waals surface area (Å²) in [6, 6.07) is 7.68. The van der Waals surface area contributed by atoms with Gasteiger partial charge in [0, 0.05) is 5.92 Å². The van der Waals surface area contributed by atoms with E-state index >= 15 is 0 Å². The van der Waals surface area contributed by atoms with Crippen LogP contribution in [0.5, 0.6) is 5.75 Å². The molecule has 0 aliphatic heterocycles. The van der Waals surface area contributed by atoms with Crippen LogP contribution in [-0.2, 0) is 0 Å². The van der Waals surface area contributed by atoms with Gasteiger partial charge in [-0.25, -0.2) is 0 Å². The normalized spacial score (nSPS) is 24.4. The molecule has 1 saturated carbocycles. The third kappa shape index (κ3) is 4.22. The van der Waals surface area contributed by atoms with Crippen molar-refractivity contribution in [1.29, 1.82) is 0 Å². The van der Waals surface area contributed by atoms with Gasteiger partial charge in [0.2, 0.25) is 0 Å². The predicted molar refractivity (Wildman–Crippen MR) is 79.8 cm³/mol. The van der Waals surface area contributed by atoms with E-state index in [1.54, 1.807) is 0 Å². The van der Waals surface area contributed by atoms with Crippen LogP contribution < -0.4 is 4.74 Å². The van der Waals surface area contributed by atoms with E-state index in [0.717, 1.165) is 43.4 Å². The Hall–Kier alpha value is -1.06. The standard InChI is InChI=1S/C17H26O3/c1-2-6-16(18)13-8-5-9-15(11-13)20-12-14-7-3-4-10-17(14)19/h5,8-9,11,14,16-19H,2-4,6-7,10,12H2,1H3. The Balaban J connectivity index is 1.90. The number of benzene rings is 1. The second-order valence-corrected chi connectivity index (χ2v) is 5.80. The number of rotatable bonds is 6. The van der Waals surface area contributed by atoms with Gasteiger partial charge >= 0.3 is 0 Å². The Bertz CT molecular complexity index is 405. The first kappa shape index (κ1) is 15.3. The summed E-state index contributed by atoms with van der Waals surface area (Å²) in [4.78, 5) is 0. The lowest BCUT2D eigenvalue weighted by Crippen LogP contribution is -2.29. The molecule has 1 aromatic carbocycles. The van der Waals surface area contributed by atoms with Crippen LogP contribution in [0, 0.1) is 5.92 Å². The fourth-order valence-electron chi connectivity index (χ4n) is 2.84. The minimum absolute atomic E-state index is 0.224. The molecule has 3 heteroatoms. The lowest BCUT2D eigenvalue weighted by Gasteiger charge is -2.27. The van der Waals surface area contributed by atoms with E-state index < -0.39 is 6.10 Å². The molecule has 0 bridgehead atoms. The van der Waals surface area contributed by atoms with Gasteiger partial charge in [0.1, 0.15) is 5.75 Å². The Morgan fingerprint density at radius 1 is 1.30 bits per heavy atom. The summed E-state index contributed by atoms with van der Waals surface area (Å²) in [6.45, 7) is 2.63. The molecule has 1 aliphatic carbocycles. The van der Waals surface area contributed by atoms with Crippen LogP contribution in [0.15, 0.2) is 24.3 Å². The molecule has 0 amide bonds. The first-order chi connectivity index (χ1) is 9.70. The van der Waals surface area contributed by atoms with E-state index in [1.807, 2.05) is 24.3 Å². The van der Waals surface area contributed by atoms with E-state index in [-0.39, 0.29) is 12.0 Å². The van der Waals surface area contributed by atoms with E-state index in [9.17, 15) is 10.2 Å². The minimum Gasteiger partial charge on any atom is -0.493 e. The highest BCUT2D eigenvalue weighted by atomic mass is 16.5. The van der Waals surface area contributed by atoms with Crippen LogP contribution >= 0.6 is 0 Å². The summed E-state index contributed by atoms with van der Waals surface area (Å²) < 4.78 is 5.81. The topological polar surface area (TPSA) is 49.7 Å². The molecule has 1 aromatic rings. The SMILES string of the molecule is CCCC(O)c1cccc(OCC2CCCCC2O)c1. The number of hydrogen-bond donors (Lipinski definition) is 2. The van der Waals surface area contributed by atoms with Gasteiger partial charge in [-0.15, -0.1) is 0 Å². The lowest BCUT2D eigenvalue weighted by atomic mass is 9.87. The third-order valence-corrected chi connectivity index (χ3v) is 4.14. The average molecular weight is 278 g/mol. The highest BCUT2D eigenvalue weighted by Gasteiger charge is 2.23. The molecule has 0 aromatic heterocycles. The molecule has 3 nitrogen and oxygen atoms in total. The van der Waals surface area contributed by atoms with Gasteiger partial charge in [-0.05, 0) is 37.0 Å². The first-order valence-electron chi connectivity index (χ1n) is 7.79. The molecular formula is C17H26O3. The van der Waals surface area contributed by atoms with Gasteiger partial charge in [-0.1, -0.05) is 38.3 Å². The van der Waals surface area contributed by atoms with Gasteiger partial charge in [-0.2, -0.15) is 0 Å². The first-order valence-corrected chi connectivity index (χ1v) is 7.79. The number of ether oxygens (including phenoxy) is 1. The van der Waals surface area contributed by atoms with Crippen LogP contribution in [0.4, 0.5) is 0 Å². The molecule has 1 fully saturated rings. The summed E-state index contributed by atoms with van der Waals surface area (Å²) in [7, 11) is 0. The Morgan fingerprint density at radius 2 is 2.10 bits per heavy atom. The van der Waals surface area contributed by atoms with E-state index in [1.165, 1.54) is 6.42 Å². The summed E-state index contributed by atoms with van der Waals surface area (Å²) in [5.74, 6) is 1.03. The molecule has 2 rings (SSSR count). The molecule has 20 heavy (non-hydrogen) atoms. The predicted octanol–water partition coefficient (Wildman–Crippen LogP) is 3.45. The molecule has 3 unspecified atom stereocenters. The second-order valence-electron chi connectivity index (χ2n) is 5.80. The number of aliphatic hydroxyl groups is 2. The highest BCUT2D eigenvalue weighted by Crippen LogP contribution is 2.27. The smallest absolute Gasteiger partial charge is 0.119 e. The lowest BCUT2D eigenvalue weighted by molar-refractivity contribution is 0.0421. The highest BCUT2D eigenvalue weighted by molar-refractivity contribution is 5.29. The maximum Gasteiger partial charge on any atom is 0.119 e.